The predicted molar refractivity (Wildman–Crippen MR) is 63.2 cm³/mol. The zero-order valence-corrected chi connectivity index (χ0v) is 9.82. The fraction of sp³-hybridized carbons (Fsp3) is 0.615. The van der Waals surface area contributed by atoms with Crippen molar-refractivity contribution in [1.29, 1.82) is 0 Å². The van der Waals surface area contributed by atoms with E-state index in [-0.39, 0.29) is 5.92 Å². The molecule has 3 nitrogen and oxygen atoms in total. The topological polar surface area (TPSA) is 46.5 Å². The smallest absolute Gasteiger partial charge is 0.309 e. The van der Waals surface area contributed by atoms with E-state index in [4.69, 9.17) is 4.74 Å². The molecule has 1 aliphatic rings. The molecule has 0 aromatic rings. The summed E-state index contributed by atoms with van der Waals surface area (Å²) in [6, 6.07) is 0. The molecule has 16 heavy (non-hydrogen) atoms. The summed E-state index contributed by atoms with van der Waals surface area (Å²) in [5.74, 6) is -0.630. The Morgan fingerprint density at radius 2 is 2.50 bits per heavy atom. The Hall–Kier alpha value is -1.09. The van der Waals surface area contributed by atoms with Gasteiger partial charge in [-0.1, -0.05) is 18.2 Å². The van der Waals surface area contributed by atoms with E-state index < -0.39 is 11.4 Å². The van der Waals surface area contributed by atoms with Crippen molar-refractivity contribution < 1.29 is 14.6 Å². The van der Waals surface area contributed by atoms with E-state index >= 15 is 0 Å². The van der Waals surface area contributed by atoms with Crippen molar-refractivity contribution in [3.63, 3.8) is 0 Å². The molecule has 0 spiro atoms. The SMILES string of the molecule is C=CCOCCC1C=CCCC1(C)C(=O)O. The van der Waals surface area contributed by atoms with Gasteiger partial charge in [-0.05, 0) is 32.1 Å². The summed E-state index contributed by atoms with van der Waals surface area (Å²) in [5.41, 5.74) is -0.633. The summed E-state index contributed by atoms with van der Waals surface area (Å²) in [7, 11) is 0. The number of ether oxygens (including phenoxy) is 1. The number of carboxylic acid groups (broad SMARTS) is 1. The number of carbonyl (C=O) groups is 1. The van der Waals surface area contributed by atoms with Gasteiger partial charge in [-0.2, -0.15) is 0 Å². The first-order valence-electron chi connectivity index (χ1n) is 5.70. The minimum atomic E-state index is -0.703. The first-order chi connectivity index (χ1) is 7.61. The Labute approximate surface area is 96.8 Å². The van der Waals surface area contributed by atoms with E-state index in [1.54, 1.807) is 6.08 Å². The minimum Gasteiger partial charge on any atom is -0.481 e. The molecule has 0 radical (unpaired) electrons. The van der Waals surface area contributed by atoms with Crippen molar-refractivity contribution in [2.75, 3.05) is 13.2 Å². The molecule has 2 unspecified atom stereocenters. The average Bonchev–Trinajstić information content (AvgIpc) is 2.26. The third-order valence-electron chi connectivity index (χ3n) is 3.31. The van der Waals surface area contributed by atoms with Gasteiger partial charge < -0.3 is 9.84 Å². The summed E-state index contributed by atoms with van der Waals surface area (Å²) < 4.78 is 5.31. The molecule has 1 rings (SSSR count). The zero-order valence-electron chi connectivity index (χ0n) is 9.82. The zero-order chi connectivity index (χ0) is 12.0. The van der Waals surface area contributed by atoms with Crippen LogP contribution < -0.4 is 0 Å². The van der Waals surface area contributed by atoms with E-state index in [1.807, 2.05) is 13.0 Å². The summed E-state index contributed by atoms with van der Waals surface area (Å²) in [4.78, 5) is 11.3. The maximum atomic E-state index is 11.3. The number of allylic oxidation sites excluding steroid dienone is 2. The van der Waals surface area contributed by atoms with Gasteiger partial charge >= 0.3 is 5.97 Å². The molecular weight excluding hydrogens is 204 g/mol. The summed E-state index contributed by atoms with van der Waals surface area (Å²) in [6.45, 7) is 6.51. The fourth-order valence-corrected chi connectivity index (χ4v) is 2.10. The monoisotopic (exact) mass is 224 g/mol. The molecule has 0 aromatic heterocycles. The van der Waals surface area contributed by atoms with Gasteiger partial charge in [0.1, 0.15) is 0 Å². The predicted octanol–water partition coefficient (Wildman–Crippen LogP) is 2.64. The second-order valence-corrected chi connectivity index (χ2v) is 4.45. The van der Waals surface area contributed by atoms with Crippen LogP contribution in [0.3, 0.4) is 0 Å². The van der Waals surface area contributed by atoms with Gasteiger partial charge in [-0.15, -0.1) is 6.58 Å². The van der Waals surface area contributed by atoms with Gasteiger partial charge in [0.25, 0.3) is 0 Å². The molecule has 0 saturated carbocycles. The third kappa shape index (κ3) is 2.95. The molecule has 0 saturated heterocycles. The van der Waals surface area contributed by atoms with Gasteiger partial charge in [0.05, 0.1) is 12.0 Å². The molecule has 0 aromatic carbocycles. The maximum absolute atomic E-state index is 11.3. The van der Waals surface area contributed by atoms with Crippen LogP contribution >= 0.6 is 0 Å². The number of rotatable bonds is 6. The van der Waals surface area contributed by atoms with E-state index in [2.05, 4.69) is 12.7 Å². The maximum Gasteiger partial charge on any atom is 0.309 e. The van der Waals surface area contributed by atoms with Gasteiger partial charge in [0, 0.05) is 6.61 Å². The lowest BCUT2D eigenvalue weighted by Gasteiger charge is -2.34. The number of carboxylic acids is 1. The van der Waals surface area contributed by atoms with Crippen LogP contribution in [0.4, 0.5) is 0 Å². The van der Waals surface area contributed by atoms with Crippen LogP contribution in [0, 0.1) is 11.3 Å². The second-order valence-electron chi connectivity index (χ2n) is 4.45. The Morgan fingerprint density at radius 3 is 3.12 bits per heavy atom. The van der Waals surface area contributed by atoms with E-state index in [9.17, 15) is 9.90 Å². The molecule has 0 amide bonds. The van der Waals surface area contributed by atoms with Gasteiger partial charge in [0.15, 0.2) is 0 Å². The Balaban J connectivity index is 2.53. The molecule has 0 fully saturated rings. The van der Waals surface area contributed by atoms with Gasteiger partial charge in [-0.25, -0.2) is 0 Å². The van der Waals surface area contributed by atoms with E-state index in [0.717, 1.165) is 12.8 Å². The summed E-state index contributed by atoms with van der Waals surface area (Å²) in [6.07, 6.45) is 8.12. The van der Waals surface area contributed by atoms with Crippen LogP contribution in [-0.4, -0.2) is 24.3 Å². The van der Waals surface area contributed by atoms with Crippen LogP contribution in [0.1, 0.15) is 26.2 Å². The van der Waals surface area contributed by atoms with Gasteiger partial charge in [-0.3, -0.25) is 4.79 Å². The third-order valence-corrected chi connectivity index (χ3v) is 3.31. The van der Waals surface area contributed by atoms with Crippen molar-refractivity contribution in [3.05, 3.63) is 24.8 Å². The molecule has 1 aliphatic carbocycles. The fourth-order valence-electron chi connectivity index (χ4n) is 2.10. The normalized spacial score (nSPS) is 28.9. The molecule has 1 N–H and O–H groups in total. The van der Waals surface area contributed by atoms with Crippen LogP contribution in [0.15, 0.2) is 24.8 Å². The lowest BCUT2D eigenvalue weighted by Crippen LogP contribution is -2.37. The van der Waals surface area contributed by atoms with Crippen molar-refractivity contribution in [1.82, 2.24) is 0 Å². The van der Waals surface area contributed by atoms with Crippen LogP contribution in [-0.2, 0) is 9.53 Å². The molecular formula is C13H20O3. The Bertz CT molecular complexity index is 283. The number of aliphatic carboxylic acids is 1. The van der Waals surface area contributed by atoms with Crippen LogP contribution in [0.5, 0.6) is 0 Å². The minimum absolute atomic E-state index is 0.0727. The van der Waals surface area contributed by atoms with Crippen molar-refractivity contribution >= 4 is 5.97 Å². The van der Waals surface area contributed by atoms with Gasteiger partial charge in [0.2, 0.25) is 0 Å². The highest BCUT2D eigenvalue weighted by Gasteiger charge is 2.40. The molecule has 2 atom stereocenters. The average molecular weight is 224 g/mol. The summed E-state index contributed by atoms with van der Waals surface area (Å²) in [5, 5.41) is 9.28. The molecule has 90 valence electrons. The standard InChI is InChI=1S/C13H20O3/c1-3-9-16-10-7-11-6-4-5-8-13(11,2)12(14)15/h3-4,6,11H,1,5,7-10H2,2H3,(H,14,15). The lowest BCUT2D eigenvalue weighted by molar-refractivity contribution is -0.151. The van der Waals surface area contributed by atoms with E-state index in [1.165, 1.54) is 0 Å². The first kappa shape index (κ1) is 13.0. The molecule has 0 heterocycles. The highest BCUT2D eigenvalue weighted by atomic mass is 16.5. The Kier molecular flexibility index (Phi) is 4.74. The first-order valence-corrected chi connectivity index (χ1v) is 5.70. The Morgan fingerprint density at radius 1 is 1.75 bits per heavy atom. The highest BCUT2D eigenvalue weighted by molar-refractivity contribution is 5.75. The van der Waals surface area contributed by atoms with Crippen molar-refractivity contribution in [3.8, 4) is 0 Å². The molecule has 0 bridgehead atoms. The molecule has 3 heteroatoms. The van der Waals surface area contributed by atoms with Crippen molar-refractivity contribution in [2.24, 2.45) is 11.3 Å². The lowest BCUT2D eigenvalue weighted by atomic mass is 9.69. The van der Waals surface area contributed by atoms with Crippen LogP contribution in [0.2, 0.25) is 0 Å². The van der Waals surface area contributed by atoms with E-state index in [0.29, 0.717) is 19.6 Å². The number of hydrogen-bond acceptors (Lipinski definition) is 2. The highest BCUT2D eigenvalue weighted by Crippen LogP contribution is 2.39. The molecule has 0 aliphatic heterocycles. The quantitative estimate of drug-likeness (QED) is 0.557. The second kappa shape index (κ2) is 5.85. The summed E-state index contributed by atoms with van der Waals surface area (Å²) >= 11 is 0. The largest absolute Gasteiger partial charge is 0.481 e. The number of hydrogen-bond donors (Lipinski definition) is 1. The van der Waals surface area contributed by atoms with Crippen LogP contribution in [0.25, 0.3) is 0 Å². The van der Waals surface area contributed by atoms with Crippen molar-refractivity contribution in [2.45, 2.75) is 26.2 Å².